The lowest BCUT2D eigenvalue weighted by Gasteiger charge is -2.41. The zero-order valence-electron chi connectivity index (χ0n) is 25.0. The molecule has 7 aromatic carbocycles. The maximum Gasteiger partial charge on any atom is 0.235 e. The third kappa shape index (κ3) is 3.82. The van der Waals surface area contributed by atoms with Gasteiger partial charge >= 0.3 is 0 Å². The van der Waals surface area contributed by atoms with Crippen molar-refractivity contribution < 1.29 is 4.57 Å². The van der Waals surface area contributed by atoms with Crippen molar-refractivity contribution in [1.29, 1.82) is 0 Å². The van der Waals surface area contributed by atoms with Gasteiger partial charge in [0.25, 0.3) is 0 Å². The minimum atomic E-state index is -3.56. The lowest BCUT2D eigenvalue weighted by Crippen LogP contribution is -2.35. The maximum atomic E-state index is 16.8. The summed E-state index contributed by atoms with van der Waals surface area (Å²) in [6.07, 6.45) is 0. The van der Waals surface area contributed by atoms with Crippen LogP contribution in [0.15, 0.2) is 176 Å². The smallest absolute Gasteiger partial charge is 0.235 e. The molecule has 1 aromatic heterocycles. The molecule has 2 heterocycles. The molecule has 3 nitrogen and oxygen atoms in total. The molecule has 4 heteroatoms. The molecular weight excluding hydrogens is 579 g/mol. The van der Waals surface area contributed by atoms with Gasteiger partial charge < -0.3 is 4.57 Å². The molecule has 0 spiro atoms. The first-order valence-corrected chi connectivity index (χ1v) is 17.2. The summed E-state index contributed by atoms with van der Waals surface area (Å²) in [6.45, 7) is 0. The monoisotopic (exact) mass is 608 g/mol. The molecule has 1 aliphatic rings. The van der Waals surface area contributed by atoms with Gasteiger partial charge in [-0.3, -0.25) is 9.24 Å². The summed E-state index contributed by atoms with van der Waals surface area (Å²) in [7, 11) is -3.56. The lowest BCUT2D eigenvalue weighted by atomic mass is 9.96. The molecule has 0 bridgehead atoms. The molecule has 0 aliphatic carbocycles. The van der Waals surface area contributed by atoms with E-state index in [1.54, 1.807) is 0 Å². The molecular formula is C42H29N2OP. The van der Waals surface area contributed by atoms with E-state index < -0.39 is 7.29 Å². The van der Waals surface area contributed by atoms with Gasteiger partial charge in [-0.15, -0.1) is 0 Å². The summed E-state index contributed by atoms with van der Waals surface area (Å²) in [4.78, 5) is 0. The van der Waals surface area contributed by atoms with Gasteiger partial charge in [-0.2, -0.15) is 0 Å². The van der Waals surface area contributed by atoms with Crippen molar-refractivity contribution in [3.05, 3.63) is 176 Å². The quantitative estimate of drug-likeness (QED) is 0.186. The van der Waals surface area contributed by atoms with Crippen LogP contribution in [-0.2, 0) is 4.57 Å². The van der Waals surface area contributed by atoms with Crippen molar-refractivity contribution in [2.45, 2.75) is 0 Å². The van der Waals surface area contributed by atoms with Crippen LogP contribution in [0.4, 0.5) is 11.4 Å². The fraction of sp³-hybridized carbons (Fsp3) is 0. The Bertz CT molecular complexity index is 2440. The van der Waals surface area contributed by atoms with Crippen LogP contribution in [-0.4, -0.2) is 4.57 Å². The van der Waals surface area contributed by atoms with Gasteiger partial charge in [0.1, 0.15) is 0 Å². The third-order valence-corrected chi connectivity index (χ3v) is 12.2. The molecule has 218 valence electrons. The van der Waals surface area contributed by atoms with Crippen molar-refractivity contribution in [3.63, 3.8) is 0 Å². The Hall–Kier alpha value is -5.63. The molecule has 9 rings (SSSR count). The molecule has 0 radical (unpaired) electrons. The molecule has 1 unspecified atom stereocenters. The van der Waals surface area contributed by atoms with E-state index >= 15 is 4.57 Å². The summed E-state index contributed by atoms with van der Waals surface area (Å²) in [5.74, 6) is 0. The Labute approximate surface area is 268 Å². The molecule has 0 saturated heterocycles. The van der Waals surface area contributed by atoms with Crippen LogP contribution in [0.25, 0.3) is 49.7 Å². The number of fused-ring (bicyclic) bond motifs is 7. The Morgan fingerprint density at radius 3 is 1.74 bits per heavy atom. The van der Waals surface area contributed by atoms with Crippen LogP contribution in [0, 0.1) is 0 Å². The number of nitrogens with zero attached hydrogens (tertiary/aromatic N) is 2. The first-order valence-electron chi connectivity index (χ1n) is 15.6. The highest BCUT2D eigenvalue weighted by molar-refractivity contribution is 7.81. The normalized spacial score (nSPS) is 15.5. The Balaban J connectivity index is 1.53. The average molecular weight is 609 g/mol. The molecule has 1 atom stereocenters. The average Bonchev–Trinajstić information content (AvgIpc) is 3.48. The van der Waals surface area contributed by atoms with Crippen LogP contribution in [0.2, 0.25) is 0 Å². The second-order valence-electron chi connectivity index (χ2n) is 11.7. The molecule has 0 amide bonds. The first-order chi connectivity index (χ1) is 22.7. The molecule has 0 N–H and O–H groups in total. The van der Waals surface area contributed by atoms with Crippen molar-refractivity contribution in [1.82, 2.24) is 4.57 Å². The summed E-state index contributed by atoms with van der Waals surface area (Å²) in [5, 5.41) is 3.95. The van der Waals surface area contributed by atoms with Crippen molar-refractivity contribution in [2.24, 2.45) is 0 Å². The van der Waals surface area contributed by atoms with Gasteiger partial charge in [0.05, 0.1) is 22.0 Å². The fourth-order valence-corrected chi connectivity index (χ4v) is 10.5. The van der Waals surface area contributed by atoms with Crippen LogP contribution in [0.5, 0.6) is 0 Å². The van der Waals surface area contributed by atoms with Gasteiger partial charge in [-0.05, 0) is 59.2 Å². The second kappa shape index (κ2) is 10.5. The lowest BCUT2D eigenvalue weighted by molar-refractivity contribution is 0.587. The van der Waals surface area contributed by atoms with Gasteiger partial charge in [-0.25, -0.2) is 0 Å². The zero-order chi connectivity index (χ0) is 30.7. The largest absolute Gasteiger partial charge is 0.307 e. The van der Waals surface area contributed by atoms with Gasteiger partial charge in [0.15, 0.2) is 0 Å². The van der Waals surface area contributed by atoms with Gasteiger partial charge in [0.2, 0.25) is 7.29 Å². The Morgan fingerprint density at radius 2 is 1.02 bits per heavy atom. The van der Waals surface area contributed by atoms with Crippen molar-refractivity contribution in [2.75, 3.05) is 4.67 Å². The molecule has 1 aliphatic heterocycles. The zero-order valence-corrected chi connectivity index (χ0v) is 25.9. The molecule has 0 fully saturated rings. The summed E-state index contributed by atoms with van der Waals surface area (Å²) in [6, 6.07) is 60.6. The predicted octanol–water partition coefficient (Wildman–Crippen LogP) is 10.5. The minimum absolute atomic E-state index is 0.800. The van der Waals surface area contributed by atoms with Crippen LogP contribution >= 0.6 is 7.29 Å². The fourth-order valence-electron chi connectivity index (χ4n) is 7.23. The molecule has 8 aromatic rings. The SMILES string of the molecule is O=P1(c2ccccc2)c2c(-c3ccccc3)cccc2-c2ccc3c4ccccc4n(-c4ccccc4)c3c2N1c1ccccc1. The number of para-hydroxylation sites is 3. The summed E-state index contributed by atoms with van der Waals surface area (Å²) in [5.41, 5.74) is 9.16. The summed E-state index contributed by atoms with van der Waals surface area (Å²) >= 11 is 0. The molecule has 46 heavy (non-hydrogen) atoms. The van der Waals surface area contributed by atoms with E-state index in [2.05, 4.69) is 124 Å². The van der Waals surface area contributed by atoms with E-state index in [0.717, 1.165) is 71.7 Å². The first kappa shape index (κ1) is 26.7. The number of rotatable bonds is 4. The van der Waals surface area contributed by atoms with Crippen molar-refractivity contribution >= 4 is 51.1 Å². The Morgan fingerprint density at radius 1 is 0.435 bits per heavy atom. The van der Waals surface area contributed by atoms with E-state index in [1.807, 2.05) is 60.7 Å². The van der Waals surface area contributed by atoms with E-state index in [9.17, 15) is 0 Å². The Kier molecular flexibility index (Phi) is 6.09. The van der Waals surface area contributed by atoms with E-state index in [1.165, 1.54) is 0 Å². The van der Waals surface area contributed by atoms with E-state index in [4.69, 9.17) is 0 Å². The van der Waals surface area contributed by atoms with E-state index in [0.29, 0.717) is 0 Å². The highest BCUT2D eigenvalue weighted by atomic mass is 31.2. The second-order valence-corrected chi connectivity index (χ2v) is 14.2. The van der Waals surface area contributed by atoms with Crippen LogP contribution < -0.4 is 15.3 Å². The van der Waals surface area contributed by atoms with Gasteiger partial charge in [-0.1, -0.05) is 133 Å². The highest BCUT2D eigenvalue weighted by Crippen LogP contribution is 2.64. The van der Waals surface area contributed by atoms with E-state index in [-0.39, 0.29) is 0 Å². The maximum absolute atomic E-state index is 16.8. The summed E-state index contributed by atoms with van der Waals surface area (Å²) < 4.78 is 21.3. The number of benzene rings is 7. The third-order valence-electron chi connectivity index (χ3n) is 9.14. The van der Waals surface area contributed by atoms with Crippen LogP contribution in [0.1, 0.15) is 0 Å². The number of anilines is 2. The highest BCUT2D eigenvalue weighted by Gasteiger charge is 2.46. The number of hydrogen-bond donors (Lipinski definition) is 0. The minimum Gasteiger partial charge on any atom is -0.307 e. The predicted molar refractivity (Wildman–Crippen MR) is 194 cm³/mol. The van der Waals surface area contributed by atoms with Gasteiger partial charge in [0, 0.05) is 33.0 Å². The van der Waals surface area contributed by atoms with Crippen LogP contribution in [0.3, 0.4) is 0 Å². The molecule has 0 saturated carbocycles. The topological polar surface area (TPSA) is 25.2 Å². The number of hydrogen-bond acceptors (Lipinski definition) is 1. The standard InChI is InChI=1S/C42H29N2OP/c45-46(33-22-11-4-12-23-33)42-34(30-16-5-1-6-17-30)25-15-26-38(42)37-29-28-36-35-24-13-14-27-39(35)43(31-18-7-2-8-19-31)40(36)41(37)44(46)32-20-9-3-10-21-32/h1-29H. The van der Waals surface area contributed by atoms with Crippen molar-refractivity contribution in [3.8, 4) is 27.9 Å². The number of aromatic nitrogens is 1.